The van der Waals surface area contributed by atoms with E-state index in [4.69, 9.17) is 5.73 Å². The van der Waals surface area contributed by atoms with Crippen molar-refractivity contribution in [2.75, 3.05) is 12.4 Å². The Hall–Kier alpha value is -2.02. The molecule has 1 amide bonds. The van der Waals surface area contributed by atoms with Gasteiger partial charge in [-0.3, -0.25) is 4.79 Å². The summed E-state index contributed by atoms with van der Waals surface area (Å²) in [6, 6.07) is 1.19. The Balaban J connectivity index is 2.23. The second-order valence-electron chi connectivity index (χ2n) is 4.99. The molecule has 2 rings (SSSR count). The summed E-state index contributed by atoms with van der Waals surface area (Å²) in [4.78, 5) is 23.4. The Morgan fingerprint density at radius 1 is 1.29 bits per heavy atom. The summed E-state index contributed by atoms with van der Waals surface area (Å²) in [5, 5.41) is 2.36. The predicted octanol–water partition coefficient (Wildman–Crippen LogP) is 1.82. The summed E-state index contributed by atoms with van der Waals surface area (Å²) in [7, 11) is 1.08. The van der Waals surface area contributed by atoms with Gasteiger partial charge in [0, 0.05) is 12.1 Å². The molecule has 0 aromatic heterocycles. The van der Waals surface area contributed by atoms with Crippen LogP contribution in [0.2, 0.25) is 0 Å². The van der Waals surface area contributed by atoms with Crippen LogP contribution in [0.1, 0.15) is 29.6 Å². The van der Waals surface area contributed by atoms with Crippen molar-refractivity contribution in [1.82, 2.24) is 0 Å². The summed E-state index contributed by atoms with van der Waals surface area (Å²) in [5.41, 5.74) is 5.10. The summed E-state index contributed by atoms with van der Waals surface area (Å²) >= 11 is 0. The average Bonchev–Trinajstić information content (AvgIpc) is 2.87. The highest BCUT2D eigenvalue weighted by molar-refractivity contribution is 5.96. The number of anilines is 1. The van der Waals surface area contributed by atoms with Crippen molar-refractivity contribution in [3.8, 4) is 0 Å². The van der Waals surface area contributed by atoms with Gasteiger partial charge in [0.2, 0.25) is 5.91 Å². The van der Waals surface area contributed by atoms with Crippen LogP contribution in [0.15, 0.2) is 12.1 Å². The number of hydrogen-bond donors (Lipinski definition) is 2. The fourth-order valence-electron chi connectivity index (χ4n) is 2.45. The number of esters is 1. The highest BCUT2D eigenvalue weighted by Crippen LogP contribution is 2.27. The van der Waals surface area contributed by atoms with Crippen molar-refractivity contribution in [3.63, 3.8) is 0 Å². The van der Waals surface area contributed by atoms with E-state index < -0.39 is 35.0 Å². The number of nitrogens with one attached hydrogen (secondary N) is 1. The van der Waals surface area contributed by atoms with Crippen molar-refractivity contribution in [3.05, 3.63) is 29.3 Å². The largest absolute Gasteiger partial charge is 0.465 e. The molecule has 21 heavy (non-hydrogen) atoms. The van der Waals surface area contributed by atoms with Crippen molar-refractivity contribution < 1.29 is 23.1 Å². The van der Waals surface area contributed by atoms with E-state index in [0.717, 1.165) is 26.0 Å². The van der Waals surface area contributed by atoms with Gasteiger partial charge in [-0.2, -0.15) is 0 Å². The van der Waals surface area contributed by atoms with Gasteiger partial charge >= 0.3 is 5.97 Å². The molecule has 1 fully saturated rings. The van der Waals surface area contributed by atoms with Crippen LogP contribution in [0.5, 0.6) is 0 Å². The van der Waals surface area contributed by atoms with E-state index in [2.05, 4.69) is 10.1 Å². The first-order valence-corrected chi connectivity index (χ1v) is 6.58. The monoisotopic (exact) mass is 298 g/mol. The molecule has 2 atom stereocenters. The third kappa shape index (κ3) is 3.18. The number of carbonyl (C=O) groups excluding carboxylic acids is 2. The van der Waals surface area contributed by atoms with E-state index in [9.17, 15) is 18.4 Å². The van der Waals surface area contributed by atoms with Gasteiger partial charge in [0.05, 0.1) is 24.3 Å². The van der Waals surface area contributed by atoms with E-state index in [1.807, 2.05) is 0 Å². The minimum absolute atomic E-state index is 0.263. The minimum Gasteiger partial charge on any atom is -0.465 e. The second-order valence-corrected chi connectivity index (χ2v) is 4.99. The number of nitrogens with two attached hydrogens (primary N) is 1. The Kier molecular flexibility index (Phi) is 4.52. The third-order valence-electron chi connectivity index (χ3n) is 3.63. The van der Waals surface area contributed by atoms with E-state index in [1.54, 1.807) is 0 Å². The molecule has 2 unspecified atom stereocenters. The van der Waals surface area contributed by atoms with E-state index >= 15 is 0 Å². The molecular weight excluding hydrogens is 282 g/mol. The zero-order valence-corrected chi connectivity index (χ0v) is 11.5. The van der Waals surface area contributed by atoms with Crippen LogP contribution in [0.3, 0.4) is 0 Å². The Morgan fingerprint density at radius 3 is 2.57 bits per heavy atom. The standard InChI is InChI=1S/C14H16F2N2O3/c1-21-14(20)8-5-12(10(16)6-9(8)15)18-13(19)7-3-2-4-11(7)17/h5-7,11H,2-4,17H2,1H3,(H,18,19). The van der Waals surface area contributed by atoms with Gasteiger partial charge in [0.1, 0.15) is 11.6 Å². The molecule has 0 spiro atoms. The normalized spacial score (nSPS) is 21.1. The number of benzene rings is 1. The molecule has 0 heterocycles. The molecule has 0 radical (unpaired) electrons. The van der Waals surface area contributed by atoms with Crippen LogP contribution in [0.25, 0.3) is 0 Å². The van der Waals surface area contributed by atoms with Gasteiger partial charge in [-0.15, -0.1) is 0 Å². The summed E-state index contributed by atoms with van der Waals surface area (Å²) in [5.74, 6) is -3.78. The zero-order valence-electron chi connectivity index (χ0n) is 11.5. The highest BCUT2D eigenvalue weighted by Gasteiger charge is 2.31. The average molecular weight is 298 g/mol. The lowest BCUT2D eigenvalue weighted by molar-refractivity contribution is -0.120. The number of carbonyl (C=O) groups is 2. The van der Waals surface area contributed by atoms with Gasteiger partial charge in [-0.25, -0.2) is 13.6 Å². The minimum atomic E-state index is -1.05. The number of hydrogen-bond acceptors (Lipinski definition) is 4. The zero-order chi connectivity index (χ0) is 15.6. The van der Waals surface area contributed by atoms with Crippen molar-refractivity contribution in [2.45, 2.75) is 25.3 Å². The molecular formula is C14H16F2N2O3. The number of rotatable bonds is 3. The van der Waals surface area contributed by atoms with E-state index in [0.29, 0.717) is 12.5 Å². The fraction of sp³-hybridized carbons (Fsp3) is 0.429. The quantitative estimate of drug-likeness (QED) is 0.834. The van der Waals surface area contributed by atoms with Crippen LogP contribution < -0.4 is 11.1 Å². The number of methoxy groups -OCH3 is 1. The number of amides is 1. The molecule has 1 aromatic carbocycles. The van der Waals surface area contributed by atoms with Crippen LogP contribution >= 0.6 is 0 Å². The third-order valence-corrected chi connectivity index (χ3v) is 3.63. The van der Waals surface area contributed by atoms with E-state index in [1.165, 1.54) is 0 Å². The first-order valence-electron chi connectivity index (χ1n) is 6.58. The van der Waals surface area contributed by atoms with Gasteiger partial charge in [0.15, 0.2) is 0 Å². The molecule has 3 N–H and O–H groups in total. The SMILES string of the molecule is COC(=O)c1cc(NC(=O)C2CCCC2N)c(F)cc1F. The molecule has 0 saturated heterocycles. The molecule has 7 heteroatoms. The second kappa shape index (κ2) is 6.17. The maximum Gasteiger partial charge on any atom is 0.340 e. The topological polar surface area (TPSA) is 81.4 Å². The van der Waals surface area contributed by atoms with Crippen molar-refractivity contribution in [2.24, 2.45) is 11.7 Å². The molecule has 1 aliphatic carbocycles. The van der Waals surface area contributed by atoms with Crippen LogP contribution in [-0.2, 0) is 9.53 Å². The van der Waals surface area contributed by atoms with Crippen LogP contribution in [0, 0.1) is 17.6 Å². The first-order chi connectivity index (χ1) is 9.93. The number of halogens is 2. The number of ether oxygens (including phenoxy) is 1. The lowest BCUT2D eigenvalue weighted by Gasteiger charge is -2.16. The Morgan fingerprint density at radius 2 is 2.00 bits per heavy atom. The molecule has 114 valence electrons. The van der Waals surface area contributed by atoms with Gasteiger partial charge in [-0.1, -0.05) is 6.42 Å². The smallest absolute Gasteiger partial charge is 0.340 e. The molecule has 0 bridgehead atoms. The predicted molar refractivity (Wildman–Crippen MR) is 71.6 cm³/mol. The van der Waals surface area contributed by atoms with Gasteiger partial charge in [0.25, 0.3) is 0 Å². The lowest BCUT2D eigenvalue weighted by atomic mass is 10.0. The van der Waals surface area contributed by atoms with E-state index in [-0.39, 0.29) is 11.7 Å². The molecule has 1 aromatic rings. The molecule has 1 saturated carbocycles. The summed E-state index contributed by atoms with van der Waals surface area (Å²) < 4.78 is 31.6. The Labute approximate surface area is 120 Å². The first kappa shape index (κ1) is 15.4. The maximum absolute atomic E-state index is 13.7. The van der Waals surface area contributed by atoms with Crippen molar-refractivity contribution >= 4 is 17.6 Å². The molecule has 0 aliphatic heterocycles. The van der Waals surface area contributed by atoms with Crippen molar-refractivity contribution in [1.29, 1.82) is 0 Å². The van der Waals surface area contributed by atoms with Gasteiger partial charge < -0.3 is 15.8 Å². The summed E-state index contributed by atoms with van der Waals surface area (Å²) in [6.07, 6.45) is 2.19. The van der Waals surface area contributed by atoms with Crippen LogP contribution in [-0.4, -0.2) is 25.0 Å². The lowest BCUT2D eigenvalue weighted by Crippen LogP contribution is -2.34. The highest BCUT2D eigenvalue weighted by atomic mass is 19.1. The molecule has 1 aliphatic rings. The van der Waals surface area contributed by atoms with Gasteiger partial charge in [-0.05, 0) is 18.9 Å². The summed E-state index contributed by atoms with van der Waals surface area (Å²) in [6.45, 7) is 0. The van der Waals surface area contributed by atoms with Crippen LogP contribution in [0.4, 0.5) is 14.5 Å². The molecule has 5 nitrogen and oxygen atoms in total. The maximum atomic E-state index is 13.7. The fourth-order valence-corrected chi connectivity index (χ4v) is 2.45. The Bertz CT molecular complexity index is 578.